The quantitative estimate of drug-likeness (QED) is 0.668. The number of hydrogen-bond donors (Lipinski definition) is 0. The van der Waals surface area contributed by atoms with Crippen molar-refractivity contribution in [1.82, 2.24) is 19.7 Å². The van der Waals surface area contributed by atoms with Crippen LogP contribution in [-0.4, -0.2) is 52.3 Å². The van der Waals surface area contributed by atoms with E-state index in [4.69, 9.17) is 10.1 Å². The lowest BCUT2D eigenvalue weighted by molar-refractivity contribution is 0.0747. The molecule has 1 amide bonds. The number of amides is 1. The van der Waals surface area contributed by atoms with Gasteiger partial charge in [-0.15, -0.1) is 5.10 Å². The van der Waals surface area contributed by atoms with E-state index in [9.17, 15) is 4.79 Å². The first-order chi connectivity index (χ1) is 14.0. The summed E-state index contributed by atoms with van der Waals surface area (Å²) in [5.74, 6) is 1.51. The van der Waals surface area contributed by atoms with Crippen molar-refractivity contribution in [3.05, 3.63) is 65.7 Å². The minimum absolute atomic E-state index is 0.0911. The van der Waals surface area contributed by atoms with E-state index in [2.05, 4.69) is 19.1 Å². The Bertz CT molecular complexity index is 996. The fourth-order valence-electron chi connectivity index (χ4n) is 3.84. The van der Waals surface area contributed by atoms with Gasteiger partial charge in [-0.05, 0) is 37.5 Å². The molecule has 0 N–H and O–H groups in total. The Hall–Kier alpha value is -3.15. The van der Waals surface area contributed by atoms with E-state index in [0.717, 1.165) is 30.9 Å². The number of likely N-dealkylation sites (tertiary alicyclic amines) is 1. The maximum atomic E-state index is 12.9. The molecule has 1 fully saturated rings. The second kappa shape index (κ2) is 8.07. The lowest BCUT2D eigenvalue weighted by atomic mass is 10.1. The zero-order valence-corrected chi connectivity index (χ0v) is 17.2. The highest BCUT2D eigenvalue weighted by molar-refractivity contribution is 5.95. The predicted octanol–water partition coefficient (Wildman–Crippen LogP) is 3.68. The Morgan fingerprint density at radius 2 is 1.93 bits per heavy atom. The maximum Gasteiger partial charge on any atom is 0.254 e. The van der Waals surface area contributed by atoms with Gasteiger partial charge in [-0.3, -0.25) is 4.79 Å². The lowest BCUT2D eigenvalue weighted by Crippen LogP contribution is -2.33. The Labute approximate surface area is 171 Å². The van der Waals surface area contributed by atoms with E-state index in [-0.39, 0.29) is 5.91 Å². The number of carbonyl (C=O) groups excluding carboxylic acids is 1. The van der Waals surface area contributed by atoms with E-state index in [1.54, 1.807) is 0 Å². The summed E-state index contributed by atoms with van der Waals surface area (Å²) in [5, 5.41) is 4.75. The summed E-state index contributed by atoms with van der Waals surface area (Å²) >= 11 is 0. The van der Waals surface area contributed by atoms with E-state index < -0.39 is 0 Å². The monoisotopic (exact) mass is 389 g/mol. The van der Waals surface area contributed by atoms with Crippen molar-refractivity contribution in [2.24, 2.45) is 0 Å². The Morgan fingerprint density at radius 3 is 2.62 bits per heavy atom. The molecular weight excluding hydrogens is 362 g/mol. The lowest BCUT2D eigenvalue weighted by Gasteiger charge is -2.21. The summed E-state index contributed by atoms with van der Waals surface area (Å²) in [6.07, 6.45) is 2.15. The fraction of sp³-hybridized carbons (Fsp3) is 0.348. The van der Waals surface area contributed by atoms with Gasteiger partial charge >= 0.3 is 0 Å². The van der Waals surface area contributed by atoms with Gasteiger partial charge in [-0.2, -0.15) is 4.98 Å². The van der Waals surface area contributed by atoms with Gasteiger partial charge in [-0.25, -0.2) is 4.68 Å². The van der Waals surface area contributed by atoms with Crippen molar-refractivity contribution in [2.45, 2.75) is 32.4 Å². The molecule has 1 atom stereocenters. The predicted molar refractivity (Wildman–Crippen MR) is 115 cm³/mol. The van der Waals surface area contributed by atoms with Gasteiger partial charge in [-0.1, -0.05) is 42.5 Å². The van der Waals surface area contributed by atoms with Gasteiger partial charge in [0.05, 0.1) is 6.54 Å². The number of rotatable bonds is 5. The van der Waals surface area contributed by atoms with Crippen molar-refractivity contribution in [3.63, 3.8) is 0 Å². The highest BCUT2D eigenvalue weighted by Gasteiger charge is 2.26. The van der Waals surface area contributed by atoms with Crippen LogP contribution >= 0.6 is 0 Å². The van der Waals surface area contributed by atoms with Crippen molar-refractivity contribution >= 4 is 11.9 Å². The van der Waals surface area contributed by atoms with Crippen molar-refractivity contribution in [1.29, 1.82) is 0 Å². The number of hydrogen-bond acceptors (Lipinski definition) is 4. The molecule has 0 spiro atoms. The third-order valence-electron chi connectivity index (χ3n) is 5.41. The van der Waals surface area contributed by atoms with Crippen molar-refractivity contribution in [2.75, 3.05) is 25.5 Å². The fourth-order valence-corrected chi connectivity index (χ4v) is 3.84. The normalized spacial score (nSPS) is 16.2. The van der Waals surface area contributed by atoms with Crippen LogP contribution < -0.4 is 4.90 Å². The number of carbonyl (C=O) groups is 1. The van der Waals surface area contributed by atoms with E-state index in [1.807, 2.05) is 71.0 Å². The molecule has 29 heavy (non-hydrogen) atoms. The molecule has 2 aromatic carbocycles. The average molecular weight is 390 g/mol. The first-order valence-corrected chi connectivity index (χ1v) is 10.1. The molecule has 1 aromatic heterocycles. The first kappa shape index (κ1) is 19.2. The number of anilines is 1. The molecule has 6 heteroatoms. The molecule has 2 heterocycles. The van der Waals surface area contributed by atoms with Gasteiger partial charge in [0, 0.05) is 37.8 Å². The highest BCUT2D eigenvalue weighted by Crippen LogP contribution is 2.24. The van der Waals surface area contributed by atoms with Crippen LogP contribution in [0.1, 0.15) is 35.7 Å². The zero-order valence-electron chi connectivity index (χ0n) is 17.2. The SMILES string of the molecule is C[C@@H]1CCCN1C(=O)c1cccc(-c2nc(N(C)C)n(Cc3ccccc3)n2)c1. The van der Waals surface area contributed by atoms with Crippen LogP contribution in [-0.2, 0) is 6.54 Å². The smallest absolute Gasteiger partial charge is 0.254 e. The summed E-state index contributed by atoms with van der Waals surface area (Å²) < 4.78 is 1.90. The van der Waals surface area contributed by atoms with Gasteiger partial charge in [0.1, 0.15) is 0 Å². The number of nitrogens with zero attached hydrogens (tertiary/aromatic N) is 5. The number of aromatic nitrogens is 3. The minimum Gasteiger partial charge on any atom is -0.347 e. The van der Waals surface area contributed by atoms with Crippen LogP contribution in [0.3, 0.4) is 0 Å². The first-order valence-electron chi connectivity index (χ1n) is 10.1. The molecular formula is C23H27N5O. The standard InChI is InChI=1S/C23H27N5O/c1-17-9-8-14-27(17)22(29)20-13-7-12-19(15-20)21-24-23(26(2)3)28(25-21)16-18-10-5-4-6-11-18/h4-7,10-13,15,17H,8-9,14,16H2,1-3H3/t17-/m1/s1. The minimum atomic E-state index is 0.0911. The van der Waals surface area contributed by atoms with Crippen molar-refractivity contribution in [3.8, 4) is 11.4 Å². The molecule has 1 saturated heterocycles. The van der Waals surface area contributed by atoms with Crippen LogP contribution in [0.25, 0.3) is 11.4 Å². The molecule has 0 bridgehead atoms. The molecule has 0 aliphatic carbocycles. The van der Waals surface area contributed by atoms with Gasteiger partial charge in [0.25, 0.3) is 5.91 Å². The number of benzene rings is 2. The molecule has 4 rings (SSSR count). The van der Waals surface area contributed by atoms with Crippen LogP contribution in [0.4, 0.5) is 5.95 Å². The summed E-state index contributed by atoms with van der Waals surface area (Å²) in [6, 6.07) is 18.2. The Morgan fingerprint density at radius 1 is 1.14 bits per heavy atom. The Kier molecular flexibility index (Phi) is 5.34. The molecule has 0 saturated carbocycles. The van der Waals surface area contributed by atoms with Crippen LogP contribution in [0.5, 0.6) is 0 Å². The van der Waals surface area contributed by atoms with Crippen molar-refractivity contribution < 1.29 is 4.79 Å². The summed E-state index contributed by atoms with van der Waals surface area (Å²) in [6.45, 7) is 3.59. The molecule has 1 aliphatic rings. The van der Waals surface area contributed by atoms with Gasteiger partial charge in [0.2, 0.25) is 5.95 Å². The molecule has 6 nitrogen and oxygen atoms in total. The maximum absolute atomic E-state index is 12.9. The van der Waals surface area contributed by atoms with Gasteiger partial charge < -0.3 is 9.80 Å². The molecule has 3 aromatic rings. The average Bonchev–Trinajstić information content (AvgIpc) is 3.35. The van der Waals surface area contributed by atoms with Crippen LogP contribution in [0, 0.1) is 0 Å². The van der Waals surface area contributed by atoms with E-state index in [1.165, 1.54) is 5.56 Å². The summed E-state index contributed by atoms with van der Waals surface area (Å²) in [4.78, 5) is 21.6. The topological polar surface area (TPSA) is 54.3 Å². The second-order valence-corrected chi connectivity index (χ2v) is 7.84. The third-order valence-corrected chi connectivity index (χ3v) is 5.41. The van der Waals surface area contributed by atoms with Crippen LogP contribution in [0.15, 0.2) is 54.6 Å². The zero-order chi connectivity index (χ0) is 20.4. The van der Waals surface area contributed by atoms with E-state index >= 15 is 0 Å². The summed E-state index contributed by atoms with van der Waals surface area (Å²) in [5.41, 5.74) is 2.72. The molecule has 0 radical (unpaired) electrons. The highest BCUT2D eigenvalue weighted by atomic mass is 16.2. The van der Waals surface area contributed by atoms with E-state index in [0.29, 0.717) is 24.0 Å². The molecule has 1 aliphatic heterocycles. The third kappa shape index (κ3) is 4.01. The van der Waals surface area contributed by atoms with Gasteiger partial charge in [0.15, 0.2) is 5.82 Å². The second-order valence-electron chi connectivity index (χ2n) is 7.84. The Balaban J connectivity index is 1.64. The molecule has 0 unspecified atom stereocenters. The summed E-state index contributed by atoms with van der Waals surface area (Å²) in [7, 11) is 3.92. The van der Waals surface area contributed by atoms with Crippen LogP contribution in [0.2, 0.25) is 0 Å². The largest absolute Gasteiger partial charge is 0.347 e. The molecule has 150 valence electrons.